The van der Waals surface area contributed by atoms with Crippen LogP contribution in [0.1, 0.15) is 24.3 Å². The predicted octanol–water partition coefficient (Wildman–Crippen LogP) is 1.99. The van der Waals surface area contributed by atoms with E-state index in [0.717, 1.165) is 24.0 Å². The van der Waals surface area contributed by atoms with Gasteiger partial charge in [0.25, 0.3) is 5.91 Å². The van der Waals surface area contributed by atoms with Gasteiger partial charge in [-0.05, 0) is 26.0 Å². The van der Waals surface area contributed by atoms with Crippen LogP contribution in [0.5, 0.6) is 0 Å². The Balaban J connectivity index is 1.86. The number of carbonyl (C=O) groups is 1. The van der Waals surface area contributed by atoms with E-state index in [2.05, 4.69) is 24.1 Å². The number of benzene rings is 1. The van der Waals surface area contributed by atoms with Gasteiger partial charge in [-0.25, -0.2) is 0 Å². The minimum absolute atomic E-state index is 0.0939. The van der Waals surface area contributed by atoms with Gasteiger partial charge >= 0.3 is 0 Å². The van der Waals surface area contributed by atoms with Gasteiger partial charge in [-0.3, -0.25) is 4.79 Å². The van der Waals surface area contributed by atoms with Crippen molar-refractivity contribution in [3.05, 3.63) is 36.0 Å². The van der Waals surface area contributed by atoms with Gasteiger partial charge in [0.1, 0.15) is 5.69 Å². The van der Waals surface area contributed by atoms with Crippen LogP contribution in [-0.2, 0) is 0 Å². The molecule has 1 aromatic carbocycles. The topological polar surface area (TPSA) is 48.1 Å². The summed E-state index contributed by atoms with van der Waals surface area (Å²) >= 11 is 0. The standard InChI is InChI=1S/C15H19N3O/c1-10-8-18(9-11(2)16-10)15(19)14-7-12-5-3-4-6-13(12)17-14/h3-7,10-11,16-17H,8-9H2,1-2H3. The maximum absolute atomic E-state index is 12.5. The van der Waals surface area contributed by atoms with Crippen LogP contribution in [-0.4, -0.2) is 41.0 Å². The fraction of sp³-hybridized carbons (Fsp3) is 0.400. The van der Waals surface area contributed by atoms with Gasteiger partial charge < -0.3 is 15.2 Å². The van der Waals surface area contributed by atoms with Crippen molar-refractivity contribution in [1.29, 1.82) is 0 Å². The average molecular weight is 257 g/mol. The van der Waals surface area contributed by atoms with E-state index in [9.17, 15) is 4.79 Å². The van der Waals surface area contributed by atoms with Crippen molar-refractivity contribution in [1.82, 2.24) is 15.2 Å². The summed E-state index contributed by atoms with van der Waals surface area (Å²) in [6.45, 7) is 5.75. The first-order valence-corrected chi connectivity index (χ1v) is 6.76. The summed E-state index contributed by atoms with van der Waals surface area (Å²) in [6, 6.07) is 10.6. The molecular weight excluding hydrogens is 238 g/mol. The third-order valence-electron chi connectivity index (χ3n) is 3.61. The molecule has 0 saturated carbocycles. The van der Waals surface area contributed by atoms with Crippen LogP contribution in [0.15, 0.2) is 30.3 Å². The van der Waals surface area contributed by atoms with E-state index in [1.54, 1.807) is 0 Å². The van der Waals surface area contributed by atoms with Gasteiger partial charge in [-0.15, -0.1) is 0 Å². The Morgan fingerprint density at radius 3 is 2.58 bits per heavy atom. The Morgan fingerprint density at radius 2 is 1.89 bits per heavy atom. The van der Waals surface area contributed by atoms with E-state index >= 15 is 0 Å². The number of H-pyrrole nitrogens is 1. The molecule has 100 valence electrons. The van der Waals surface area contributed by atoms with E-state index in [-0.39, 0.29) is 5.91 Å². The highest BCUT2D eigenvalue weighted by Gasteiger charge is 2.26. The zero-order chi connectivity index (χ0) is 13.4. The normalized spacial score (nSPS) is 23.8. The maximum Gasteiger partial charge on any atom is 0.270 e. The predicted molar refractivity (Wildman–Crippen MR) is 76.3 cm³/mol. The molecule has 1 amide bonds. The third-order valence-corrected chi connectivity index (χ3v) is 3.61. The summed E-state index contributed by atoms with van der Waals surface area (Å²) in [7, 11) is 0. The first-order chi connectivity index (χ1) is 9.13. The van der Waals surface area contributed by atoms with E-state index in [1.807, 2.05) is 35.2 Å². The molecule has 2 aromatic rings. The Labute approximate surface area is 112 Å². The lowest BCUT2D eigenvalue weighted by molar-refractivity contribution is 0.0669. The van der Waals surface area contributed by atoms with Gasteiger partial charge in [0.15, 0.2) is 0 Å². The summed E-state index contributed by atoms with van der Waals surface area (Å²) in [5, 5.41) is 4.52. The van der Waals surface area contributed by atoms with Crippen molar-refractivity contribution < 1.29 is 4.79 Å². The number of fused-ring (bicyclic) bond motifs is 1. The Bertz CT molecular complexity index is 561. The van der Waals surface area contributed by atoms with Crippen LogP contribution < -0.4 is 5.32 Å². The lowest BCUT2D eigenvalue weighted by Crippen LogP contribution is -2.55. The number of piperazine rings is 1. The fourth-order valence-corrected chi connectivity index (χ4v) is 2.85. The summed E-state index contributed by atoms with van der Waals surface area (Å²) < 4.78 is 0. The largest absolute Gasteiger partial charge is 0.351 e. The zero-order valence-electron chi connectivity index (χ0n) is 11.3. The smallest absolute Gasteiger partial charge is 0.270 e. The molecule has 0 aliphatic carbocycles. The SMILES string of the molecule is CC1CN(C(=O)c2cc3ccccc3[nH]2)CC(C)N1. The first kappa shape index (κ1) is 12.2. The van der Waals surface area contributed by atoms with Crippen LogP contribution in [0.4, 0.5) is 0 Å². The number of hydrogen-bond acceptors (Lipinski definition) is 2. The van der Waals surface area contributed by atoms with Crippen LogP contribution in [0.25, 0.3) is 10.9 Å². The quantitative estimate of drug-likeness (QED) is 0.821. The zero-order valence-corrected chi connectivity index (χ0v) is 11.3. The second-order valence-corrected chi connectivity index (χ2v) is 5.45. The molecule has 2 atom stereocenters. The van der Waals surface area contributed by atoms with Gasteiger partial charge in [0.05, 0.1) is 0 Å². The molecule has 1 aliphatic rings. The highest BCUT2D eigenvalue weighted by atomic mass is 16.2. The summed E-state index contributed by atoms with van der Waals surface area (Å²) in [6.07, 6.45) is 0. The van der Waals surface area contributed by atoms with E-state index in [1.165, 1.54) is 0 Å². The molecule has 3 rings (SSSR count). The summed E-state index contributed by atoms with van der Waals surface area (Å²) in [5.74, 6) is 0.0939. The van der Waals surface area contributed by atoms with Crippen molar-refractivity contribution in [3.63, 3.8) is 0 Å². The van der Waals surface area contributed by atoms with Gasteiger partial charge in [-0.2, -0.15) is 0 Å². The molecule has 1 fully saturated rings. The van der Waals surface area contributed by atoms with Crippen molar-refractivity contribution in [3.8, 4) is 0 Å². The van der Waals surface area contributed by atoms with Gasteiger partial charge in [0.2, 0.25) is 0 Å². The number of rotatable bonds is 1. The second kappa shape index (κ2) is 4.70. The lowest BCUT2D eigenvalue weighted by Gasteiger charge is -2.35. The highest BCUT2D eigenvalue weighted by molar-refractivity contribution is 5.98. The lowest BCUT2D eigenvalue weighted by atomic mass is 10.1. The third kappa shape index (κ3) is 2.36. The van der Waals surface area contributed by atoms with Crippen molar-refractivity contribution in [2.75, 3.05) is 13.1 Å². The number of hydrogen-bond donors (Lipinski definition) is 2. The minimum atomic E-state index is 0.0939. The molecule has 4 heteroatoms. The Hall–Kier alpha value is -1.81. The first-order valence-electron chi connectivity index (χ1n) is 6.76. The second-order valence-electron chi connectivity index (χ2n) is 5.45. The molecule has 1 aromatic heterocycles. The molecule has 2 unspecified atom stereocenters. The average Bonchev–Trinajstić information content (AvgIpc) is 2.80. The van der Waals surface area contributed by atoms with E-state index in [0.29, 0.717) is 17.8 Å². The molecule has 1 aliphatic heterocycles. The van der Waals surface area contributed by atoms with Gasteiger partial charge in [0, 0.05) is 36.1 Å². The summed E-state index contributed by atoms with van der Waals surface area (Å²) in [4.78, 5) is 17.7. The molecular formula is C15H19N3O. The molecule has 19 heavy (non-hydrogen) atoms. The molecule has 0 bridgehead atoms. The van der Waals surface area contributed by atoms with Crippen LogP contribution in [0.2, 0.25) is 0 Å². The van der Waals surface area contributed by atoms with Crippen LogP contribution >= 0.6 is 0 Å². The molecule has 2 heterocycles. The highest BCUT2D eigenvalue weighted by Crippen LogP contribution is 2.17. The maximum atomic E-state index is 12.5. The number of aromatic amines is 1. The fourth-order valence-electron chi connectivity index (χ4n) is 2.85. The van der Waals surface area contributed by atoms with Crippen molar-refractivity contribution in [2.45, 2.75) is 25.9 Å². The minimum Gasteiger partial charge on any atom is -0.351 e. The molecule has 4 nitrogen and oxygen atoms in total. The number of para-hydroxylation sites is 1. The summed E-state index contributed by atoms with van der Waals surface area (Å²) in [5.41, 5.74) is 1.70. The Kier molecular flexibility index (Phi) is 3.03. The van der Waals surface area contributed by atoms with E-state index in [4.69, 9.17) is 0 Å². The molecule has 2 N–H and O–H groups in total. The molecule has 0 spiro atoms. The van der Waals surface area contributed by atoms with Crippen molar-refractivity contribution in [2.24, 2.45) is 0 Å². The number of carbonyl (C=O) groups excluding carboxylic acids is 1. The molecule has 0 radical (unpaired) electrons. The number of nitrogens with zero attached hydrogens (tertiary/aromatic N) is 1. The van der Waals surface area contributed by atoms with Gasteiger partial charge in [-0.1, -0.05) is 18.2 Å². The van der Waals surface area contributed by atoms with Crippen LogP contribution in [0.3, 0.4) is 0 Å². The number of amides is 1. The molecule has 1 saturated heterocycles. The monoisotopic (exact) mass is 257 g/mol. The van der Waals surface area contributed by atoms with E-state index < -0.39 is 0 Å². The number of aromatic nitrogens is 1. The van der Waals surface area contributed by atoms with Crippen molar-refractivity contribution >= 4 is 16.8 Å². The van der Waals surface area contributed by atoms with Crippen LogP contribution in [0, 0.1) is 0 Å². The number of nitrogens with one attached hydrogen (secondary N) is 2. The Morgan fingerprint density at radius 1 is 1.21 bits per heavy atom.